The minimum absolute atomic E-state index is 0.147. The molecule has 0 aliphatic heterocycles. The molecule has 1 fully saturated rings. The van der Waals surface area contributed by atoms with E-state index in [2.05, 4.69) is 0 Å². The average molecular weight is 177 g/mol. The summed E-state index contributed by atoms with van der Waals surface area (Å²) in [6.07, 6.45) is 3.11. The monoisotopic (exact) mass is 176 g/mol. The van der Waals surface area contributed by atoms with Crippen LogP contribution in [-0.2, 0) is 4.79 Å². The molecule has 1 aliphatic carbocycles. The second-order valence-electron chi connectivity index (χ2n) is 3.53. The molecule has 1 rings (SSSR count). The Kier molecular flexibility index (Phi) is 2.43. The minimum Gasteiger partial charge on any atom is -0.481 e. The lowest BCUT2D eigenvalue weighted by atomic mass is 9.82. The van der Waals surface area contributed by atoms with Gasteiger partial charge in [0.15, 0.2) is 0 Å². The van der Waals surface area contributed by atoms with Crippen LogP contribution in [0, 0.1) is 5.92 Å². The molecule has 1 aliphatic rings. The van der Waals surface area contributed by atoms with Gasteiger partial charge in [-0.1, -0.05) is 0 Å². The van der Waals surface area contributed by atoms with Gasteiger partial charge in [0.05, 0.1) is 5.92 Å². The lowest BCUT2D eigenvalue weighted by molar-refractivity contribution is -0.142. The molecule has 0 unspecified atom stereocenters. The number of alkyl halides is 1. The highest BCUT2D eigenvalue weighted by Crippen LogP contribution is 2.36. The van der Waals surface area contributed by atoms with E-state index in [1.54, 1.807) is 0 Å². The van der Waals surface area contributed by atoms with Crippen LogP contribution >= 0.6 is 11.6 Å². The Hall–Kier alpha value is -0.240. The van der Waals surface area contributed by atoms with E-state index in [1.165, 1.54) is 0 Å². The summed E-state index contributed by atoms with van der Waals surface area (Å²) in [5, 5.41) is 8.67. The van der Waals surface area contributed by atoms with Crippen LogP contribution in [0.2, 0.25) is 0 Å². The molecule has 0 aromatic carbocycles. The van der Waals surface area contributed by atoms with Crippen LogP contribution in [0.25, 0.3) is 0 Å². The zero-order valence-corrected chi connectivity index (χ0v) is 7.40. The van der Waals surface area contributed by atoms with Gasteiger partial charge in [0.25, 0.3) is 0 Å². The Balaban J connectivity index is 2.42. The quantitative estimate of drug-likeness (QED) is 0.623. The maximum atomic E-state index is 10.5. The summed E-state index contributed by atoms with van der Waals surface area (Å²) in [4.78, 5) is 10.4. The van der Waals surface area contributed by atoms with E-state index in [9.17, 15) is 4.79 Å². The molecule has 0 amide bonds. The fourth-order valence-electron chi connectivity index (χ4n) is 1.47. The summed E-state index contributed by atoms with van der Waals surface area (Å²) in [6.45, 7) is 1.98. The summed E-state index contributed by atoms with van der Waals surface area (Å²) < 4.78 is 0. The molecular formula is C8H13ClO2. The Bertz CT molecular complexity index is 155. The molecule has 0 atom stereocenters. The Morgan fingerprint density at radius 2 is 2.00 bits per heavy atom. The fourth-order valence-corrected chi connectivity index (χ4v) is 1.68. The Labute approximate surface area is 71.5 Å². The van der Waals surface area contributed by atoms with Crippen molar-refractivity contribution in [3.8, 4) is 0 Å². The van der Waals surface area contributed by atoms with E-state index >= 15 is 0 Å². The molecule has 2 nitrogen and oxygen atoms in total. The molecule has 0 heterocycles. The number of rotatable bonds is 1. The number of carboxylic acids is 1. The Morgan fingerprint density at radius 1 is 1.55 bits per heavy atom. The van der Waals surface area contributed by atoms with Crippen molar-refractivity contribution in [3.05, 3.63) is 0 Å². The number of hydrogen-bond donors (Lipinski definition) is 1. The molecule has 0 aromatic rings. The summed E-state index contributed by atoms with van der Waals surface area (Å²) in [6, 6.07) is 0. The fraction of sp³-hybridized carbons (Fsp3) is 0.875. The highest BCUT2D eigenvalue weighted by Gasteiger charge is 2.31. The van der Waals surface area contributed by atoms with Gasteiger partial charge in [0.2, 0.25) is 0 Å². The van der Waals surface area contributed by atoms with Crippen molar-refractivity contribution in [1.29, 1.82) is 0 Å². The van der Waals surface area contributed by atoms with Gasteiger partial charge in [-0.25, -0.2) is 0 Å². The Morgan fingerprint density at radius 3 is 2.36 bits per heavy atom. The van der Waals surface area contributed by atoms with Gasteiger partial charge in [-0.15, -0.1) is 11.6 Å². The van der Waals surface area contributed by atoms with Crippen LogP contribution in [0.1, 0.15) is 32.6 Å². The third kappa shape index (κ3) is 2.37. The highest BCUT2D eigenvalue weighted by atomic mass is 35.5. The zero-order valence-electron chi connectivity index (χ0n) is 6.64. The third-order valence-electron chi connectivity index (χ3n) is 2.38. The lowest BCUT2D eigenvalue weighted by Crippen LogP contribution is -2.28. The zero-order chi connectivity index (χ0) is 8.48. The van der Waals surface area contributed by atoms with Crippen molar-refractivity contribution in [1.82, 2.24) is 0 Å². The number of carboxylic acid groups (broad SMARTS) is 1. The van der Waals surface area contributed by atoms with E-state index in [0.29, 0.717) is 0 Å². The maximum absolute atomic E-state index is 10.5. The van der Waals surface area contributed by atoms with Crippen molar-refractivity contribution >= 4 is 17.6 Å². The summed E-state index contributed by atoms with van der Waals surface area (Å²) >= 11 is 6.05. The van der Waals surface area contributed by atoms with E-state index in [1.807, 2.05) is 6.92 Å². The first kappa shape index (κ1) is 8.85. The number of halogens is 1. The standard InChI is InChI=1S/C8H13ClO2/c1-8(9)4-2-6(3-5-8)7(10)11/h6H,2-5H2,1H3,(H,10,11). The minimum atomic E-state index is -0.669. The molecule has 0 bridgehead atoms. The largest absolute Gasteiger partial charge is 0.481 e. The topological polar surface area (TPSA) is 37.3 Å². The lowest BCUT2D eigenvalue weighted by Gasteiger charge is -2.30. The van der Waals surface area contributed by atoms with Gasteiger partial charge < -0.3 is 5.11 Å². The molecule has 0 saturated heterocycles. The molecule has 0 aromatic heterocycles. The van der Waals surface area contributed by atoms with Gasteiger partial charge in [0, 0.05) is 4.87 Å². The van der Waals surface area contributed by atoms with Gasteiger partial charge in [-0.2, -0.15) is 0 Å². The molecule has 0 radical (unpaired) electrons. The van der Waals surface area contributed by atoms with Crippen molar-refractivity contribution in [3.63, 3.8) is 0 Å². The second kappa shape index (κ2) is 3.02. The number of hydrogen-bond acceptors (Lipinski definition) is 1. The van der Waals surface area contributed by atoms with Crippen molar-refractivity contribution < 1.29 is 9.90 Å². The first-order valence-corrected chi connectivity index (χ1v) is 4.31. The first-order chi connectivity index (χ1) is 5.01. The SMILES string of the molecule is CC1(Cl)CCC(C(=O)O)CC1. The van der Waals surface area contributed by atoms with Crippen molar-refractivity contribution in [2.45, 2.75) is 37.5 Å². The van der Waals surface area contributed by atoms with Gasteiger partial charge in [0.1, 0.15) is 0 Å². The molecule has 1 saturated carbocycles. The van der Waals surface area contributed by atoms with Crippen LogP contribution < -0.4 is 0 Å². The van der Waals surface area contributed by atoms with Crippen molar-refractivity contribution in [2.75, 3.05) is 0 Å². The molecule has 1 N–H and O–H groups in total. The molecule has 0 spiro atoms. The van der Waals surface area contributed by atoms with E-state index in [-0.39, 0.29) is 10.8 Å². The molecule has 3 heteroatoms. The second-order valence-corrected chi connectivity index (χ2v) is 4.44. The van der Waals surface area contributed by atoms with E-state index in [4.69, 9.17) is 16.7 Å². The molecule has 11 heavy (non-hydrogen) atoms. The van der Waals surface area contributed by atoms with Crippen LogP contribution in [-0.4, -0.2) is 16.0 Å². The summed E-state index contributed by atoms with van der Waals surface area (Å²) in [5.74, 6) is -0.820. The smallest absolute Gasteiger partial charge is 0.306 e. The van der Waals surface area contributed by atoms with Gasteiger partial charge in [-0.05, 0) is 32.6 Å². The summed E-state index contributed by atoms with van der Waals surface area (Å²) in [7, 11) is 0. The third-order valence-corrected chi connectivity index (χ3v) is 2.76. The average Bonchev–Trinajstić information content (AvgIpc) is 1.86. The van der Waals surface area contributed by atoms with Gasteiger partial charge >= 0.3 is 5.97 Å². The maximum Gasteiger partial charge on any atom is 0.306 e. The summed E-state index contributed by atoms with van der Waals surface area (Å²) in [5.41, 5.74) is 0. The first-order valence-electron chi connectivity index (χ1n) is 3.93. The predicted molar refractivity (Wildman–Crippen MR) is 43.9 cm³/mol. The number of aliphatic carboxylic acids is 1. The van der Waals surface area contributed by atoms with Crippen LogP contribution in [0.3, 0.4) is 0 Å². The van der Waals surface area contributed by atoms with Gasteiger partial charge in [-0.3, -0.25) is 4.79 Å². The molecular weight excluding hydrogens is 164 g/mol. The normalized spacial score (nSPS) is 38.5. The van der Waals surface area contributed by atoms with Crippen LogP contribution in [0.15, 0.2) is 0 Å². The van der Waals surface area contributed by atoms with Crippen molar-refractivity contribution in [2.24, 2.45) is 5.92 Å². The number of carbonyl (C=O) groups is 1. The highest BCUT2D eigenvalue weighted by molar-refractivity contribution is 6.23. The van der Waals surface area contributed by atoms with Crippen LogP contribution in [0.5, 0.6) is 0 Å². The van der Waals surface area contributed by atoms with Crippen LogP contribution in [0.4, 0.5) is 0 Å². The predicted octanol–water partition coefficient (Wildman–Crippen LogP) is 2.26. The van der Waals surface area contributed by atoms with E-state index < -0.39 is 5.97 Å². The van der Waals surface area contributed by atoms with E-state index in [0.717, 1.165) is 25.7 Å². The molecule has 64 valence electrons.